The number of aromatic nitrogens is 3. The van der Waals surface area contributed by atoms with Crippen LogP contribution in [0, 0.1) is 12.3 Å². The van der Waals surface area contributed by atoms with Crippen molar-refractivity contribution in [3.63, 3.8) is 0 Å². The fourth-order valence-corrected chi connectivity index (χ4v) is 2.23. The van der Waals surface area contributed by atoms with Gasteiger partial charge in [0.25, 0.3) is 0 Å². The first kappa shape index (κ1) is 13.4. The number of nitrogens with one attached hydrogen (secondary N) is 1. The van der Waals surface area contributed by atoms with Crippen molar-refractivity contribution in [2.24, 2.45) is 0 Å². The molecule has 1 aromatic carbocycles. The van der Waals surface area contributed by atoms with Gasteiger partial charge >= 0.3 is 0 Å². The summed E-state index contributed by atoms with van der Waals surface area (Å²) in [4.78, 5) is 12.0. The van der Waals surface area contributed by atoms with Gasteiger partial charge in [0.15, 0.2) is 0 Å². The van der Waals surface area contributed by atoms with Gasteiger partial charge in [0.05, 0.1) is 5.52 Å². The van der Waals surface area contributed by atoms with Crippen molar-refractivity contribution in [3.8, 4) is 11.3 Å². The first-order valence-corrected chi connectivity index (χ1v) is 6.03. The monoisotopic (exact) mass is 332 g/mol. The van der Waals surface area contributed by atoms with Gasteiger partial charge in [-0.1, -0.05) is 17.5 Å². The van der Waals surface area contributed by atoms with E-state index in [0.29, 0.717) is 0 Å². The van der Waals surface area contributed by atoms with Gasteiger partial charge in [0.2, 0.25) is 0 Å². The predicted octanol–water partition coefficient (Wildman–Crippen LogP) is 3.38. The fourth-order valence-electron chi connectivity index (χ4n) is 2.23. The molecular formula is C16H9N3Y-2. The van der Waals surface area contributed by atoms with Crippen LogP contribution in [0.15, 0.2) is 48.8 Å². The number of fused-ring (bicyclic) bond motifs is 3. The molecule has 1 N–H and O–H groups in total. The molecule has 4 heteroatoms. The van der Waals surface area contributed by atoms with Crippen molar-refractivity contribution in [3.05, 3.63) is 61.1 Å². The SMILES string of the molecule is [Y].[c-]1[nH]ccc1-c1[c-]cc2ccc3cccnc3c2n1. The molecule has 0 saturated heterocycles. The van der Waals surface area contributed by atoms with Crippen LogP contribution in [0.1, 0.15) is 0 Å². The minimum atomic E-state index is 0. The Labute approximate surface area is 141 Å². The normalized spacial score (nSPS) is 10.6. The van der Waals surface area contributed by atoms with Crippen molar-refractivity contribution >= 4 is 21.8 Å². The Morgan fingerprint density at radius 1 is 1.00 bits per heavy atom. The van der Waals surface area contributed by atoms with Gasteiger partial charge in [-0.15, -0.1) is 24.2 Å². The Morgan fingerprint density at radius 2 is 1.90 bits per heavy atom. The summed E-state index contributed by atoms with van der Waals surface area (Å²) in [6, 6.07) is 15.2. The molecule has 4 rings (SSSR count). The topological polar surface area (TPSA) is 41.6 Å². The van der Waals surface area contributed by atoms with Crippen molar-refractivity contribution in [2.75, 3.05) is 0 Å². The molecule has 0 unspecified atom stereocenters. The second kappa shape index (κ2) is 5.43. The van der Waals surface area contributed by atoms with Crippen LogP contribution in [-0.4, -0.2) is 15.0 Å². The number of nitrogens with zero attached hydrogens (tertiary/aromatic N) is 2. The minimum Gasteiger partial charge on any atom is -0.465 e. The summed E-state index contributed by atoms with van der Waals surface area (Å²) in [5, 5.41) is 2.14. The van der Waals surface area contributed by atoms with Crippen LogP contribution in [-0.2, 0) is 32.7 Å². The van der Waals surface area contributed by atoms with Gasteiger partial charge in [0.1, 0.15) is 0 Å². The molecule has 0 bridgehead atoms. The molecule has 0 atom stereocenters. The van der Waals surface area contributed by atoms with Gasteiger partial charge in [-0.25, -0.2) is 17.7 Å². The maximum Gasteiger partial charge on any atom is 0.0829 e. The summed E-state index contributed by atoms with van der Waals surface area (Å²) in [5.74, 6) is 0. The van der Waals surface area contributed by atoms with E-state index in [1.807, 2.05) is 36.5 Å². The molecule has 20 heavy (non-hydrogen) atoms. The molecule has 3 aromatic heterocycles. The molecule has 3 nitrogen and oxygen atoms in total. The second-order valence-corrected chi connectivity index (χ2v) is 4.34. The average Bonchev–Trinajstić information content (AvgIpc) is 3.01. The van der Waals surface area contributed by atoms with E-state index in [9.17, 15) is 0 Å². The Morgan fingerprint density at radius 3 is 2.75 bits per heavy atom. The van der Waals surface area contributed by atoms with E-state index in [0.717, 1.165) is 33.1 Å². The third kappa shape index (κ3) is 2.17. The molecule has 0 amide bonds. The molecule has 3 heterocycles. The number of benzene rings is 1. The molecule has 0 aliphatic heterocycles. The summed E-state index contributed by atoms with van der Waals surface area (Å²) in [6.45, 7) is 0. The molecule has 1 radical (unpaired) electrons. The van der Waals surface area contributed by atoms with Crippen LogP contribution in [0.4, 0.5) is 0 Å². The van der Waals surface area contributed by atoms with Crippen LogP contribution in [0.25, 0.3) is 33.1 Å². The average molecular weight is 332 g/mol. The number of H-pyrrole nitrogens is 1. The van der Waals surface area contributed by atoms with E-state index >= 15 is 0 Å². The van der Waals surface area contributed by atoms with Crippen LogP contribution >= 0.6 is 0 Å². The molecule has 4 aromatic rings. The van der Waals surface area contributed by atoms with Crippen molar-refractivity contribution in [1.29, 1.82) is 0 Å². The molecule has 0 saturated carbocycles. The summed E-state index contributed by atoms with van der Waals surface area (Å²) >= 11 is 0. The van der Waals surface area contributed by atoms with Gasteiger partial charge in [0, 0.05) is 49.8 Å². The Kier molecular flexibility index (Phi) is 3.64. The Bertz CT molecular complexity index is 869. The second-order valence-electron chi connectivity index (χ2n) is 4.34. The van der Waals surface area contributed by atoms with Crippen LogP contribution < -0.4 is 0 Å². The molecule has 0 aliphatic carbocycles. The zero-order valence-corrected chi connectivity index (χ0v) is 13.4. The van der Waals surface area contributed by atoms with Crippen LogP contribution in [0.3, 0.4) is 0 Å². The number of hydrogen-bond donors (Lipinski definition) is 1. The standard InChI is InChI=1S/C16H9N3.Y/c1-2-11-3-4-12-5-6-14(13-7-9-17-10-13)19-16(12)15(11)18-8-1;/h1-5,7-9,17H;/q-2;. The largest absolute Gasteiger partial charge is 0.465 e. The van der Waals surface area contributed by atoms with Crippen molar-refractivity contribution < 1.29 is 32.7 Å². The van der Waals surface area contributed by atoms with E-state index in [4.69, 9.17) is 0 Å². The summed E-state index contributed by atoms with van der Waals surface area (Å²) in [5.41, 5.74) is 3.52. The van der Waals surface area contributed by atoms with Gasteiger partial charge < -0.3 is 9.97 Å². The first-order valence-electron chi connectivity index (χ1n) is 6.03. The Hall–Kier alpha value is -1.58. The third-order valence-corrected chi connectivity index (χ3v) is 3.16. The fraction of sp³-hybridized carbons (Fsp3) is 0. The predicted molar refractivity (Wildman–Crippen MR) is 74.5 cm³/mol. The minimum absolute atomic E-state index is 0. The third-order valence-electron chi connectivity index (χ3n) is 3.16. The van der Waals surface area contributed by atoms with Gasteiger partial charge in [-0.3, -0.25) is 4.98 Å². The van der Waals surface area contributed by atoms with E-state index in [1.54, 1.807) is 6.20 Å². The molecule has 93 valence electrons. The molecule has 0 aliphatic rings. The van der Waals surface area contributed by atoms with E-state index in [2.05, 4.69) is 33.3 Å². The van der Waals surface area contributed by atoms with Crippen LogP contribution in [0.2, 0.25) is 0 Å². The number of aromatic amines is 1. The van der Waals surface area contributed by atoms with Gasteiger partial charge in [-0.05, 0) is 6.07 Å². The molecule has 0 fully saturated rings. The van der Waals surface area contributed by atoms with E-state index < -0.39 is 0 Å². The van der Waals surface area contributed by atoms with Gasteiger partial charge in [-0.2, -0.15) is 6.07 Å². The molecule has 0 spiro atoms. The number of hydrogen-bond acceptors (Lipinski definition) is 2. The summed E-state index contributed by atoms with van der Waals surface area (Å²) in [6.07, 6.45) is 6.65. The smallest absolute Gasteiger partial charge is 0.0829 e. The van der Waals surface area contributed by atoms with Crippen molar-refractivity contribution in [1.82, 2.24) is 15.0 Å². The number of pyridine rings is 2. The maximum absolute atomic E-state index is 4.68. The zero-order chi connectivity index (χ0) is 12.7. The Balaban J connectivity index is 0.00000121. The molecular weight excluding hydrogens is 323 g/mol. The zero-order valence-electron chi connectivity index (χ0n) is 10.6. The maximum atomic E-state index is 4.68. The summed E-state index contributed by atoms with van der Waals surface area (Å²) < 4.78 is 0. The van der Waals surface area contributed by atoms with E-state index in [1.165, 1.54) is 0 Å². The van der Waals surface area contributed by atoms with Crippen molar-refractivity contribution in [2.45, 2.75) is 0 Å². The summed E-state index contributed by atoms with van der Waals surface area (Å²) in [7, 11) is 0. The first-order chi connectivity index (χ1) is 9.42. The van der Waals surface area contributed by atoms with E-state index in [-0.39, 0.29) is 32.7 Å². The quantitative estimate of drug-likeness (QED) is 0.429. The van der Waals surface area contributed by atoms with Crippen LogP contribution in [0.5, 0.6) is 0 Å². The number of rotatable bonds is 1.